The smallest absolute Gasteiger partial charge is 0.302 e. The lowest BCUT2D eigenvalue weighted by Crippen LogP contribution is -2.64. The van der Waals surface area contributed by atoms with E-state index in [-0.39, 0.29) is 0 Å². The van der Waals surface area contributed by atoms with Crippen molar-refractivity contribution in [1.82, 2.24) is 5.32 Å². The number of rotatable bonds is 3. The van der Waals surface area contributed by atoms with E-state index in [2.05, 4.69) is 10.1 Å². The molecule has 0 spiro atoms. The molecule has 0 aromatic heterocycles. The Morgan fingerprint density at radius 3 is 2.61 bits per heavy atom. The molecule has 0 aliphatic carbocycles. The van der Waals surface area contributed by atoms with Gasteiger partial charge >= 0.3 is 5.97 Å². The molecule has 5 atom stereocenters. The number of aliphatic hydroxyl groups excluding tert-OH is 3. The monoisotopic (exact) mass is 264 g/mol. The van der Waals surface area contributed by atoms with E-state index in [1.165, 1.54) is 6.92 Å². The molecule has 0 radical (unpaired) electrons. The number of hydrogen-bond acceptors (Lipinski definition) is 7. The van der Waals surface area contributed by atoms with Crippen molar-refractivity contribution in [3.05, 3.63) is 0 Å². The molecule has 0 aromatic carbocycles. The molecule has 0 aromatic rings. The summed E-state index contributed by atoms with van der Waals surface area (Å²) in [6.07, 6.45) is -5.58. The van der Waals surface area contributed by atoms with Crippen LogP contribution < -0.4 is 5.32 Å². The van der Waals surface area contributed by atoms with Gasteiger partial charge in [0.25, 0.3) is 0 Å². The average Bonchev–Trinajstić information content (AvgIpc) is 2.36. The number of amides is 1. The second kappa shape index (κ2) is 6.10. The van der Waals surface area contributed by atoms with Crippen LogP contribution in [0.5, 0.6) is 0 Å². The number of ether oxygens (including phenoxy) is 2. The molecular formula is C10H17NO7. The van der Waals surface area contributed by atoms with Gasteiger partial charge in [0, 0.05) is 15.2 Å². The molecule has 1 saturated heterocycles. The van der Waals surface area contributed by atoms with Gasteiger partial charge in [0.1, 0.15) is 31.0 Å². The standard InChI is InChI=1S/C10H17NO7/c1-4(12)11-7-9(15)8(14)6(18-10(7)16)3-17-5(2)13/h6-10,14-16H,3H2,1-2H3,(H,11,12)/t6-,7+,8-,9-,10?/m1/s1/i2D. The Bertz CT molecular complexity index is 340. The molecule has 4 N–H and O–H groups in total. The van der Waals surface area contributed by atoms with Crippen LogP contribution in [0.25, 0.3) is 0 Å². The fourth-order valence-electron chi connectivity index (χ4n) is 1.65. The van der Waals surface area contributed by atoms with E-state index in [1.807, 2.05) is 0 Å². The van der Waals surface area contributed by atoms with Crippen molar-refractivity contribution < 1.29 is 35.8 Å². The molecule has 1 aliphatic heterocycles. The third kappa shape index (κ3) is 3.64. The Hall–Kier alpha value is -1.22. The van der Waals surface area contributed by atoms with Crippen molar-refractivity contribution in [2.75, 3.05) is 6.61 Å². The maximum absolute atomic E-state index is 10.9. The third-order valence-electron chi connectivity index (χ3n) is 2.50. The van der Waals surface area contributed by atoms with E-state index in [4.69, 9.17) is 6.11 Å². The molecule has 104 valence electrons. The Kier molecular flexibility index (Phi) is 4.48. The largest absolute Gasteiger partial charge is 0.463 e. The summed E-state index contributed by atoms with van der Waals surface area (Å²) in [5, 5.41) is 31.4. The van der Waals surface area contributed by atoms with Gasteiger partial charge in [-0.1, -0.05) is 0 Å². The highest BCUT2D eigenvalue weighted by Crippen LogP contribution is 2.20. The average molecular weight is 264 g/mol. The first-order valence-corrected chi connectivity index (χ1v) is 5.28. The molecule has 1 rings (SSSR count). The summed E-state index contributed by atoms with van der Waals surface area (Å²) in [7, 11) is 0. The fourth-order valence-corrected chi connectivity index (χ4v) is 1.65. The number of carbonyl (C=O) groups is 2. The summed E-state index contributed by atoms with van der Waals surface area (Å²) < 4.78 is 16.3. The van der Waals surface area contributed by atoms with E-state index in [0.717, 1.165) is 0 Å². The molecule has 1 unspecified atom stereocenters. The van der Waals surface area contributed by atoms with Crippen LogP contribution in [0.2, 0.25) is 0 Å². The summed E-state index contributed by atoms with van der Waals surface area (Å²) >= 11 is 0. The summed E-state index contributed by atoms with van der Waals surface area (Å²) in [6, 6.07) is -1.17. The van der Waals surface area contributed by atoms with Crippen molar-refractivity contribution in [2.45, 2.75) is 44.5 Å². The van der Waals surface area contributed by atoms with Crippen LogP contribution in [-0.4, -0.2) is 64.4 Å². The third-order valence-corrected chi connectivity index (χ3v) is 2.50. The maximum atomic E-state index is 10.9. The maximum Gasteiger partial charge on any atom is 0.302 e. The Labute approximate surface area is 105 Å². The molecule has 8 heteroatoms. The molecule has 1 fully saturated rings. The molecule has 1 amide bonds. The quantitative estimate of drug-likeness (QED) is 0.415. The highest BCUT2D eigenvalue weighted by Gasteiger charge is 2.44. The second-order valence-electron chi connectivity index (χ2n) is 3.96. The first-order chi connectivity index (χ1) is 8.86. The highest BCUT2D eigenvalue weighted by molar-refractivity contribution is 5.73. The van der Waals surface area contributed by atoms with Crippen LogP contribution >= 0.6 is 0 Å². The van der Waals surface area contributed by atoms with Gasteiger partial charge < -0.3 is 30.1 Å². The summed E-state index contributed by atoms with van der Waals surface area (Å²) in [5.74, 6) is -1.32. The molecule has 0 bridgehead atoms. The summed E-state index contributed by atoms with van der Waals surface area (Å²) in [4.78, 5) is 21.7. The minimum absolute atomic E-state index is 0.403. The minimum Gasteiger partial charge on any atom is -0.463 e. The molecular weight excluding hydrogens is 246 g/mol. The van der Waals surface area contributed by atoms with Crippen molar-refractivity contribution in [3.63, 3.8) is 0 Å². The zero-order chi connectivity index (χ0) is 14.6. The second-order valence-corrected chi connectivity index (χ2v) is 3.96. The van der Waals surface area contributed by atoms with E-state index in [1.54, 1.807) is 0 Å². The fraction of sp³-hybridized carbons (Fsp3) is 0.800. The van der Waals surface area contributed by atoms with Crippen molar-refractivity contribution in [1.29, 1.82) is 0 Å². The normalized spacial score (nSPS) is 36.7. The molecule has 1 heterocycles. The van der Waals surface area contributed by atoms with Crippen molar-refractivity contribution in [3.8, 4) is 0 Å². The first-order valence-electron chi connectivity index (χ1n) is 5.99. The highest BCUT2D eigenvalue weighted by atomic mass is 16.6. The predicted molar refractivity (Wildman–Crippen MR) is 57.1 cm³/mol. The zero-order valence-electron chi connectivity index (χ0n) is 10.8. The van der Waals surface area contributed by atoms with Gasteiger partial charge in [-0.05, 0) is 0 Å². The van der Waals surface area contributed by atoms with Crippen LogP contribution in [0.3, 0.4) is 0 Å². The van der Waals surface area contributed by atoms with Crippen molar-refractivity contribution in [2.24, 2.45) is 0 Å². The molecule has 1 aliphatic rings. The van der Waals surface area contributed by atoms with Gasteiger partial charge in [0.05, 0.1) is 0 Å². The van der Waals surface area contributed by atoms with Crippen LogP contribution in [-0.2, 0) is 19.1 Å². The lowest BCUT2D eigenvalue weighted by Gasteiger charge is -2.40. The van der Waals surface area contributed by atoms with E-state index in [0.29, 0.717) is 0 Å². The Morgan fingerprint density at radius 1 is 1.39 bits per heavy atom. The topological polar surface area (TPSA) is 125 Å². The summed E-state index contributed by atoms with van der Waals surface area (Å²) in [5.41, 5.74) is 0. The number of nitrogens with one attached hydrogen (secondary N) is 1. The number of aliphatic hydroxyl groups is 3. The number of carbonyl (C=O) groups excluding carboxylic acids is 2. The van der Waals surface area contributed by atoms with Gasteiger partial charge in [0.15, 0.2) is 6.29 Å². The van der Waals surface area contributed by atoms with Gasteiger partial charge in [-0.25, -0.2) is 0 Å². The van der Waals surface area contributed by atoms with Crippen LogP contribution in [0.15, 0.2) is 0 Å². The van der Waals surface area contributed by atoms with Crippen molar-refractivity contribution >= 4 is 11.9 Å². The van der Waals surface area contributed by atoms with E-state index in [9.17, 15) is 24.9 Å². The zero-order valence-corrected chi connectivity index (χ0v) is 9.78. The summed E-state index contributed by atoms with van der Waals surface area (Å²) in [6.45, 7) is 0.205. The lowest BCUT2D eigenvalue weighted by molar-refractivity contribution is -0.255. The van der Waals surface area contributed by atoms with Crippen LogP contribution in [0, 0.1) is 0 Å². The van der Waals surface area contributed by atoms with E-state index < -0.39 is 56.0 Å². The number of esters is 1. The Morgan fingerprint density at radius 2 is 2.06 bits per heavy atom. The minimum atomic E-state index is -1.54. The first kappa shape index (κ1) is 13.2. The van der Waals surface area contributed by atoms with Crippen LogP contribution in [0.4, 0.5) is 0 Å². The SMILES string of the molecule is [2H]CC(=O)OC[C@H]1OC(O)[C@@H](NC(C)=O)[C@@H](O)[C@@H]1O. The van der Waals surface area contributed by atoms with Gasteiger partial charge in [-0.2, -0.15) is 0 Å². The Balaban J connectivity index is 2.61. The molecule has 8 nitrogen and oxygen atoms in total. The van der Waals surface area contributed by atoms with Crippen LogP contribution in [0.1, 0.15) is 15.2 Å². The number of hydrogen-bond donors (Lipinski definition) is 4. The van der Waals surface area contributed by atoms with Gasteiger partial charge in [0.2, 0.25) is 5.91 Å². The molecule has 18 heavy (non-hydrogen) atoms. The molecule has 0 saturated carbocycles. The van der Waals surface area contributed by atoms with Gasteiger partial charge in [-0.3, -0.25) is 9.59 Å². The van der Waals surface area contributed by atoms with E-state index >= 15 is 0 Å². The predicted octanol–water partition coefficient (Wildman–Crippen LogP) is -2.51. The van der Waals surface area contributed by atoms with Gasteiger partial charge in [-0.15, -0.1) is 0 Å². The lowest BCUT2D eigenvalue weighted by atomic mass is 9.97.